The zero-order valence-electron chi connectivity index (χ0n) is 12.4. The molecule has 19 heavy (non-hydrogen) atoms. The van der Waals surface area contributed by atoms with E-state index in [1.165, 1.54) is 5.56 Å². The fourth-order valence-electron chi connectivity index (χ4n) is 2.62. The summed E-state index contributed by atoms with van der Waals surface area (Å²) >= 11 is 0. The van der Waals surface area contributed by atoms with Crippen molar-refractivity contribution in [3.05, 3.63) is 29.8 Å². The highest BCUT2D eigenvalue weighted by Crippen LogP contribution is 2.33. The van der Waals surface area contributed by atoms with Crippen LogP contribution in [0.1, 0.15) is 31.7 Å². The number of rotatable bonds is 6. The summed E-state index contributed by atoms with van der Waals surface area (Å²) in [7, 11) is 2.21. The van der Waals surface area contributed by atoms with Crippen LogP contribution in [0.4, 0.5) is 0 Å². The van der Waals surface area contributed by atoms with Gasteiger partial charge in [0.05, 0.1) is 6.61 Å². The van der Waals surface area contributed by atoms with Gasteiger partial charge in [-0.15, -0.1) is 0 Å². The molecule has 1 unspecified atom stereocenters. The minimum absolute atomic E-state index is 0.567. The number of hydrogen-bond donors (Lipinski definition) is 1. The Morgan fingerprint density at radius 1 is 1.37 bits per heavy atom. The number of fused-ring (bicyclic) bond motifs is 1. The molecule has 0 aromatic heterocycles. The number of para-hydroxylation sites is 1. The van der Waals surface area contributed by atoms with Crippen molar-refractivity contribution in [1.29, 1.82) is 0 Å². The zero-order chi connectivity index (χ0) is 13.7. The van der Waals surface area contributed by atoms with Gasteiger partial charge in [-0.3, -0.25) is 0 Å². The summed E-state index contributed by atoms with van der Waals surface area (Å²) < 4.78 is 5.72. The SMILES string of the molecule is CC(C)NCCN(C)CC1CCOc2ccccc21. The summed E-state index contributed by atoms with van der Waals surface area (Å²) in [5, 5.41) is 3.47. The van der Waals surface area contributed by atoms with E-state index in [9.17, 15) is 0 Å². The lowest BCUT2D eigenvalue weighted by atomic mass is 9.93. The van der Waals surface area contributed by atoms with Gasteiger partial charge < -0.3 is 15.0 Å². The molecule has 0 saturated carbocycles. The van der Waals surface area contributed by atoms with Crippen molar-refractivity contribution < 1.29 is 4.74 Å². The molecule has 3 heteroatoms. The van der Waals surface area contributed by atoms with E-state index < -0.39 is 0 Å². The molecule has 1 N–H and O–H groups in total. The van der Waals surface area contributed by atoms with Crippen molar-refractivity contribution in [2.45, 2.75) is 32.2 Å². The number of hydrogen-bond acceptors (Lipinski definition) is 3. The molecule has 106 valence electrons. The van der Waals surface area contributed by atoms with E-state index in [4.69, 9.17) is 4.74 Å². The van der Waals surface area contributed by atoms with Gasteiger partial charge in [0.1, 0.15) is 5.75 Å². The summed E-state index contributed by atoms with van der Waals surface area (Å²) in [6.45, 7) is 8.49. The molecule has 0 radical (unpaired) electrons. The van der Waals surface area contributed by atoms with E-state index in [0.29, 0.717) is 12.0 Å². The zero-order valence-corrected chi connectivity index (χ0v) is 12.4. The summed E-state index contributed by atoms with van der Waals surface area (Å²) in [6, 6.07) is 9.02. The maximum absolute atomic E-state index is 5.72. The van der Waals surface area contributed by atoms with Gasteiger partial charge >= 0.3 is 0 Å². The minimum atomic E-state index is 0.567. The molecule has 1 aliphatic rings. The van der Waals surface area contributed by atoms with Gasteiger partial charge in [0.25, 0.3) is 0 Å². The van der Waals surface area contributed by atoms with Crippen molar-refractivity contribution in [2.24, 2.45) is 0 Å². The van der Waals surface area contributed by atoms with E-state index in [-0.39, 0.29) is 0 Å². The third-order valence-corrected chi connectivity index (χ3v) is 3.66. The largest absolute Gasteiger partial charge is 0.493 e. The maximum atomic E-state index is 5.72. The number of nitrogens with one attached hydrogen (secondary N) is 1. The molecular formula is C16H26N2O. The average Bonchev–Trinajstić information content (AvgIpc) is 2.39. The number of benzene rings is 1. The second-order valence-electron chi connectivity index (χ2n) is 5.74. The molecule has 1 aromatic carbocycles. The van der Waals surface area contributed by atoms with Crippen LogP contribution in [-0.4, -0.2) is 44.2 Å². The first-order valence-corrected chi connectivity index (χ1v) is 7.30. The van der Waals surface area contributed by atoms with Crippen molar-refractivity contribution >= 4 is 0 Å². The molecule has 3 nitrogen and oxygen atoms in total. The molecule has 0 saturated heterocycles. The Labute approximate surface area is 116 Å². The molecule has 0 fully saturated rings. The summed E-state index contributed by atoms with van der Waals surface area (Å²) in [4.78, 5) is 2.42. The summed E-state index contributed by atoms with van der Waals surface area (Å²) in [6.07, 6.45) is 1.12. The van der Waals surface area contributed by atoms with E-state index in [1.807, 2.05) is 0 Å². The van der Waals surface area contributed by atoms with Gasteiger partial charge in [0.15, 0.2) is 0 Å². The Morgan fingerprint density at radius 2 is 2.16 bits per heavy atom. The van der Waals surface area contributed by atoms with Crippen molar-refractivity contribution in [2.75, 3.05) is 33.3 Å². The summed E-state index contributed by atoms with van der Waals surface area (Å²) in [5.74, 6) is 1.68. The minimum Gasteiger partial charge on any atom is -0.493 e. The first kappa shape index (κ1) is 14.4. The van der Waals surface area contributed by atoms with Gasteiger partial charge in [-0.2, -0.15) is 0 Å². The molecule has 0 bridgehead atoms. The van der Waals surface area contributed by atoms with Crippen molar-refractivity contribution in [3.63, 3.8) is 0 Å². The van der Waals surface area contributed by atoms with Crippen molar-refractivity contribution in [3.8, 4) is 5.75 Å². The highest BCUT2D eigenvalue weighted by atomic mass is 16.5. The molecule has 0 amide bonds. The first-order chi connectivity index (χ1) is 9.16. The van der Waals surface area contributed by atoms with Gasteiger partial charge in [-0.25, -0.2) is 0 Å². The lowest BCUT2D eigenvalue weighted by Gasteiger charge is -2.29. The molecule has 2 rings (SSSR count). The van der Waals surface area contributed by atoms with Gasteiger partial charge in [-0.05, 0) is 25.1 Å². The van der Waals surface area contributed by atoms with Crippen LogP contribution in [0.2, 0.25) is 0 Å². The van der Waals surface area contributed by atoms with Crippen LogP contribution in [0, 0.1) is 0 Å². The van der Waals surface area contributed by atoms with Crippen LogP contribution < -0.4 is 10.1 Å². The monoisotopic (exact) mass is 262 g/mol. The fraction of sp³-hybridized carbons (Fsp3) is 0.625. The van der Waals surface area contributed by atoms with Gasteiger partial charge in [0.2, 0.25) is 0 Å². The Morgan fingerprint density at radius 3 is 2.95 bits per heavy atom. The Balaban J connectivity index is 1.86. The second kappa shape index (κ2) is 6.92. The topological polar surface area (TPSA) is 24.5 Å². The lowest BCUT2D eigenvalue weighted by molar-refractivity contribution is 0.231. The van der Waals surface area contributed by atoms with Gasteiger partial charge in [-0.1, -0.05) is 32.0 Å². The van der Waals surface area contributed by atoms with Gasteiger partial charge in [0, 0.05) is 31.6 Å². The molecule has 0 aliphatic carbocycles. The Hall–Kier alpha value is -1.06. The summed E-state index contributed by atoms with van der Waals surface area (Å²) in [5.41, 5.74) is 1.37. The normalized spacial score (nSPS) is 18.5. The van der Waals surface area contributed by atoms with Crippen LogP contribution in [0.5, 0.6) is 5.75 Å². The molecular weight excluding hydrogens is 236 g/mol. The number of nitrogens with zero attached hydrogens (tertiary/aromatic N) is 1. The highest BCUT2D eigenvalue weighted by Gasteiger charge is 2.21. The predicted octanol–water partition coefficient (Wildman–Crippen LogP) is 2.48. The lowest BCUT2D eigenvalue weighted by Crippen LogP contribution is -2.35. The molecule has 1 aliphatic heterocycles. The van der Waals surface area contributed by atoms with Crippen LogP contribution in [-0.2, 0) is 0 Å². The highest BCUT2D eigenvalue weighted by molar-refractivity contribution is 5.37. The van der Waals surface area contributed by atoms with E-state index in [1.54, 1.807) is 0 Å². The third kappa shape index (κ3) is 4.22. The van der Waals surface area contributed by atoms with Crippen LogP contribution in [0.3, 0.4) is 0 Å². The van der Waals surface area contributed by atoms with E-state index in [0.717, 1.165) is 38.4 Å². The van der Waals surface area contributed by atoms with Crippen molar-refractivity contribution in [1.82, 2.24) is 10.2 Å². The molecule has 1 atom stereocenters. The maximum Gasteiger partial charge on any atom is 0.122 e. The standard InChI is InChI=1S/C16H26N2O/c1-13(2)17-9-10-18(3)12-14-8-11-19-16-7-5-4-6-15(14)16/h4-7,13-14,17H,8-12H2,1-3H3. The quantitative estimate of drug-likeness (QED) is 0.852. The first-order valence-electron chi connectivity index (χ1n) is 7.30. The van der Waals surface area contributed by atoms with Crippen LogP contribution >= 0.6 is 0 Å². The number of ether oxygens (including phenoxy) is 1. The molecule has 0 spiro atoms. The average molecular weight is 262 g/mol. The van der Waals surface area contributed by atoms with Crippen LogP contribution in [0.25, 0.3) is 0 Å². The molecule has 1 heterocycles. The predicted molar refractivity (Wildman–Crippen MR) is 79.9 cm³/mol. The van der Waals surface area contributed by atoms with Crippen LogP contribution in [0.15, 0.2) is 24.3 Å². The fourth-order valence-corrected chi connectivity index (χ4v) is 2.62. The second-order valence-corrected chi connectivity index (χ2v) is 5.74. The smallest absolute Gasteiger partial charge is 0.122 e. The third-order valence-electron chi connectivity index (χ3n) is 3.66. The Bertz CT molecular complexity index is 392. The van der Waals surface area contributed by atoms with E-state index >= 15 is 0 Å². The molecule has 1 aromatic rings. The Kier molecular flexibility index (Phi) is 5.23. The number of likely N-dealkylation sites (N-methyl/N-ethyl adjacent to an activating group) is 1. The van der Waals surface area contributed by atoms with E-state index in [2.05, 4.69) is 55.4 Å².